The Kier molecular flexibility index (Phi) is 6.19. The Labute approximate surface area is 117 Å². The first-order valence-corrected chi connectivity index (χ1v) is 6.07. The average molecular weight is 279 g/mol. The smallest absolute Gasteiger partial charge is 0.276 e. The van der Waals surface area contributed by atoms with Crippen molar-refractivity contribution in [1.82, 2.24) is 4.98 Å². The van der Waals surface area contributed by atoms with E-state index in [2.05, 4.69) is 16.4 Å². The van der Waals surface area contributed by atoms with Gasteiger partial charge in [0.25, 0.3) is 5.69 Å². The zero-order valence-corrected chi connectivity index (χ0v) is 11.5. The van der Waals surface area contributed by atoms with Crippen LogP contribution in [-0.4, -0.2) is 43.8 Å². The van der Waals surface area contributed by atoms with Crippen LogP contribution in [0.5, 0.6) is 0 Å². The van der Waals surface area contributed by atoms with Gasteiger partial charge in [-0.1, -0.05) is 0 Å². The number of nitriles is 1. The van der Waals surface area contributed by atoms with Crippen LogP contribution in [0, 0.1) is 21.4 Å². The van der Waals surface area contributed by atoms with E-state index in [-0.39, 0.29) is 5.69 Å². The fourth-order valence-electron chi connectivity index (χ4n) is 1.62. The molecule has 0 aromatic carbocycles. The molecule has 0 bridgehead atoms. The van der Waals surface area contributed by atoms with Crippen molar-refractivity contribution < 1.29 is 9.66 Å². The molecule has 1 N–H and O–H groups in total. The zero-order chi connectivity index (χ0) is 15.0. The van der Waals surface area contributed by atoms with E-state index in [0.717, 1.165) is 0 Å². The third-order valence-corrected chi connectivity index (χ3v) is 2.65. The number of nitrogens with zero attached hydrogens (tertiary/aromatic N) is 4. The van der Waals surface area contributed by atoms with Crippen molar-refractivity contribution in [3.8, 4) is 6.07 Å². The minimum absolute atomic E-state index is 0.0428. The first kappa shape index (κ1) is 15.7. The summed E-state index contributed by atoms with van der Waals surface area (Å²) in [7, 11) is 3.22. The molecule has 0 aliphatic rings. The van der Waals surface area contributed by atoms with Crippen LogP contribution in [0.3, 0.4) is 0 Å². The Morgan fingerprint density at radius 2 is 2.30 bits per heavy atom. The molecular weight excluding hydrogens is 262 g/mol. The second-order valence-electron chi connectivity index (χ2n) is 3.96. The molecule has 108 valence electrons. The van der Waals surface area contributed by atoms with Gasteiger partial charge in [-0.15, -0.1) is 0 Å². The molecule has 0 unspecified atom stereocenters. The number of rotatable bonds is 8. The highest BCUT2D eigenvalue weighted by Crippen LogP contribution is 2.23. The van der Waals surface area contributed by atoms with Gasteiger partial charge in [0.15, 0.2) is 0 Å². The van der Waals surface area contributed by atoms with Gasteiger partial charge in [-0.2, -0.15) is 5.26 Å². The van der Waals surface area contributed by atoms with Crippen molar-refractivity contribution in [3.63, 3.8) is 0 Å². The molecule has 1 heterocycles. The van der Waals surface area contributed by atoms with Crippen molar-refractivity contribution in [2.45, 2.75) is 6.42 Å². The maximum absolute atomic E-state index is 10.9. The Hall–Kier alpha value is -2.40. The molecule has 0 amide bonds. The topological polar surface area (TPSA) is 104 Å². The van der Waals surface area contributed by atoms with E-state index < -0.39 is 4.92 Å². The molecule has 1 aromatic heterocycles. The van der Waals surface area contributed by atoms with Crippen molar-refractivity contribution in [2.24, 2.45) is 0 Å². The monoisotopic (exact) mass is 279 g/mol. The predicted octanol–water partition coefficient (Wildman–Crippen LogP) is 1.40. The van der Waals surface area contributed by atoms with Gasteiger partial charge in [-0.25, -0.2) is 4.98 Å². The Balaban J connectivity index is 3.06. The summed E-state index contributed by atoms with van der Waals surface area (Å²) in [4.78, 5) is 16.5. The number of nitrogens with one attached hydrogen (secondary N) is 1. The lowest BCUT2D eigenvalue weighted by atomic mass is 10.3. The van der Waals surface area contributed by atoms with E-state index in [0.29, 0.717) is 37.8 Å². The normalized spacial score (nSPS) is 9.85. The lowest BCUT2D eigenvalue weighted by Crippen LogP contribution is -2.29. The summed E-state index contributed by atoms with van der Waals surface area (Å²) in [5.41, 5.74) is -0.0428. The van der Waals surface area contributed by atoms with Crippen molar-refractivity contribution in [1.29, 1.82) is 5.26 Å². The lowest BCUT2D eigenvalue weighted by molar-refractivity contribution is -0.384. The van der Waals surface area contributed by atoms with E-state index in [4.69, 9.17) is 10.00 Å². The van der Waals surface area contributed by atoms with E-state index >= 15 is 0 Å². The summed E-state index contributed by atoms with van der Waals surface area (Å²) < 4.78 is 5.01. The highest BCUT2D eigenvalue weighted by molar-refractivity contribution is 5.55. The van der Waals surface area contributed by atoms with Crippen LogP contribution < -0.4 is 10.2 Å². The van der Waals surface area contributed by atoms with Crippen LogP contribution in [0.15, 0.2) is 12.1 Å². The molecule has 0 aliphatic heterocycles. The largest absolute Gasteiger partial charge is 0.383 e. The fraction of sp³-hybridized carbons (Fsp3) is 0.500. The summed E-state index contributed by atoms with van der Waals surface area (Å²) in [6.07, 6.45) is 0.309. The van der Waals surface area contributed by atoms with Crippen molar-refractivity contribution in [3.05, 3.63) is 22.2 Å². The highest BCUT2D eigenvalue weighted by Gasteiger charge is 2.15. The molecule has 1 rings (SSSR count). The van der Waals surface area contributed by atoms with Gasteiger partial charge < -0.3 is 15.0 Å². The van der Waals surface area contributed by atoms with E-state index in [1.165, 1.54) is 12.1 Å². The molecule has 0 spiro atoms. The number of hydrogen-bond donors (Lipinski definition) is 1. The van der Waals surface area contributed by atoms with Crippen molar-refractivity contribution >= 4 is 17.3 Å². The van der Waals surface area contributed by atoms with Gasteiger partial charge in [0.2, 0.25) is 0 Å². The highest BCUT2D eigenvalue weighted by atomic mass is 16.6. The molecule has 0 aliphatic carbocycles. The van der Waals surface area contributed by atoms with Crippen molar-refractivity contribution in [2.75, 3.05) is 44.1 Å². The van der Waals surface area contributed by atoms with Crippen LogP contribution in [-0.2, 0) is 4.74 Å². The van der Waals surface area contributed by atoms with Crippen LogP contribution in [0.2, 0.25) is 0 Å². The molecule has 1 aromatic rings. The van der Waals surface area contributed by atoms with E-state index in [9.17, 15) is 10.1 Å². The van der Waals surface area contributed by atoms with Crippen LogP contribution >= 0.6 is 0 Å². The molecule has 0 saturated heterocycles. The first-order valence-electron chi connectivity index (χ1n) is 6.07. The summed E-state index contributed by atoms with van der Waals surface area (Å²) in [5.74, 6) is 0.865. The Morgan fingerprint density at radius 3 is 2.85 bits per heavy atom. The van der Waals surface area contributed by atoms with Gasteiger partial charge in [0.05, 0.1) is 36.2 Å². The van der Waals surface area contributed by atoms with Gasteiger partial charge in [-0.3, -0.25) is 10.1 Å². The van der Waals surface area contributed by atoms with Crippen LogP contribution in [0.4, 0.5) is 17.3 Å². The Morgan fingerprint density at radius 1 is 1.55 bits per heavy atom. The number of anilines is 2. The molecule has 8 nitrogen and oxygen atoms in total. The van der Waals surface area contributed by atoms with Gasteiger partial charge in [-0.05, 0) is 0 Å². The summed E-state index contributed by atoms with van der Waals surface area (Å²) in [6.45, 7) is 1.40. The van der Waals surface area contributed by atoms with Gasteiger partial charge in [0, 0.05) is 27.2 Å². The first-order chi connectivity index (χ1) is 9.62. The third kappa shape index (κ3) is 4.37. The quantitative estimate of drug-likeness (QED) is 0.566. The van der Waals surface area contributed by atoms with E-state index in [1.807, 2.05) is 0 Å². The van der Waals surface area contributed by atoms with Crippen LogP contribution in [0.1, 0.15) is 6.42 Å². The number of hydrogen-bond acceptors (Lipinski definition) is 7. The molecule has 0 fully saturated rings. The minimum atomic E-state index is -0.467. The summed E-state index contributed by atoms with van der Waals surface area (Å²) in [6, 6.07) is 4.81. The predicted molar refractivity (Wildman–Crippen MR) is 74.8 cm³/mol. The standard InChI is InChI=1S/C12H17N5O3/c1-14-11-8-10(17(18)19)9-12(15-11)16(5-3-4-13)6-7-20-2/h8-9H,3,5-7H2,1-2H3,(H,14,15). The summed E-state index contributed by atoms with van der Waals surface area (Å²) in [5, 5.41) is 22.4. The van der Waals surface area contributed by atoms with E-state index in [1.54, 1.807) is 19.1 Å². The lowest BCUT2D eigenvalue weighted by Gasteiger charge is -2.22. The maximum atomic E-state index is 10.9. The minimum Gasteiger partial charge on any atom is -0.383 e. The third-order valence-electron chi connectivity index (χ3n) is 2.65. The SMILES string of the molecule is CNc1cc([N+](=O)[O-])cc(N(CCC#N)CCOC)n1. The summed E-state index contributed by atoms with van der Waals surface area (Å²) >= 11 is 0. The maximum Gasteiger partial charge on any atom is 0.276 e. The average Bonchev–Trinajstić information content (AvgIpc) is 2.46. The van der Waals surface area contributed by atoms with Gasteiger partial charge in [0.1, 0.15) is 11.6 Å². The zero-order valence-electron chi connectivity index (χ0n) is 11.5. The molecule has 20 heavy (non-hydrogen) atoms. The number of aromatic nitrogens is 1. The van der Waals surface area contributed by atoms with Crippen LogP contribution in [0.25, 0.3) is 0 Å². The fourth-order valence-corrected chi connectivity index (χ4v) is 1.62. The molecule has 0 radical (unpaired) electrons. The number of methoxy groups -OCH3 is 1. The molecule has 0 atom stereocenters. The second-order valence-corrected chi connectivity index (χ2v) is 3.96. The molecular formula is C12H17N5O3. The number of pyridine rings is 1. The second kappa shape index (κ2) is 7.91. The molecule has 0 saturated carbocycles. The molecule has 8 heteroatoms. The number of ether oxygens (including phenoxy) is 1. The number of nitro groups is 1. The Bertz CT molecular complexity index is 500. The van der Waals surface area contributed by atoms with Gasteiger partial charge >= 0.3 is 0 Å².